The maximum atomic E-state index is 12.2. The summed E-state index contributed by atoms with van der Waals surface area (Å²) in [6.07, 6.45) is 3.71. The largest absolute Gasteiger partial charge is 0.493 e. The molecule has 2 aromatic carbocycles. The van der Waals surface area contributed by atoms with Crippen LogP contribution in [0, 0.1) is 11.3 Å². The second kappa shape index (κ2) is 11.8. The quantitative estimate of drug-likeness (QED) is 0.208. The summed E-state index contributed by atoms with van der Waals surface area (Å²) in [6, 6.07) is 14.0. The van der Waals surface area contributed by atoms with Crippen molar-refractivity contribution in [1.82, 2.24) is 5.32 Å². The number of aryl methyl sites for hydroxylation is 1. The third kappa shape index (κ3) is 6.75. The van der Waals surface area contributed by atoms with Crippen LogP contribution in [-0.2, 0) is 16.0 Å². The number of rotatable bonds is 10. The Kier molecular flexibility index (Phi) is 8.87. The van der Waals surface area contributed by atoms with E-state index in [9.17, 15) is 14.9 Å². The van der Waals surface area contributed by atoms with E-state index in [2.05, 4.69) is 11.9 Å². The van der Waals surface area contributed by atoms with E-state index in [1.807, 2.05) is 31.2 Å². The smallest absolute Gasteiger partial charge is 0.349 e. The molecule has 0 heterocycles. The molecule has 160 valence electrons. The monoisotopic (exact) mass is 420 g/mol. The number of ether oxygens (including phenoxy) is 3. The van der Waals surface area contributed by atoms with E-state index in [0.29, 0.717) is 11.3 Å². The predicted molar refractivity (Wildman–Crippen MR) is 117 cm³/mol. The summed E-state index contributed by atoms with van der Waals surface area (Å²) in [5.41, 5.74) is 1.46. The maximum Gasteiger partial charge on any atom is 0.349 e. The van der Waals surface area contributed by atoms with Crippen LogP contribution < -0.4 is 19.5 Å². The van der Waals surface area contributed by atoms with Crippen LogP contribution in [0.1, 0.15) is 18.1 Å². The van der Waals surface area contributed by atoms with Crippen LogP contribution in [0.3, 0.4) is 0 Å². The van der Waals surface area contributed by atoms with Crippen LogP contribution in [0.15, 0.2) is 60.7 Å². The highest BCUT2D eigenvalue weighted by atomic mass is 16.6. The van der Waals surface area contributed by atoms with Crippen LogP contribution >= 0.6 is 0 Å². The SMILES string of the molecule is C=CCNC(=O)/C(C#N)=C/c1ccc(OC(=O)COc2ccccc2CC)c(OC)c1. The van der Waals surface area contributed by atoms with Gasteiger partial charge in [0.2, 0.25) is 0 Å². The van der Waals surface area contributed by atoms with E-state index in [1.165, 1.54) is 25.3 Å². The first-order valence-corrected chi connectivity index (χ1v) is 9.62. The lowest BCUT2D eigenvalue weighted by atomic mass is 10.1. The molecule has 0 fully saturated rings. The Morgan fingerprint density at radius 3 is 2.61 bits per heavy atom. The molecule has 7 heteroatoms. The number of amides is 1. The number of methoxy groups -OCH3 is 1. The summed E-state index contributed by atoms with van der Waals surface area (Å²) < 4.78 is 16.2. The van der Waals surface area contributed by atoms with Crippen molar-refractivity contribution in [2.75, 3.05) is 20.3 Å². The van der Waals surface area contributed by atoms with Crippen LogP contribution in [0.5, 0.6) is 17.2 Å². The highest BCUT2D eigenvalue weighted by molar-refractivity contribution is 6.01. The van der Waals surface area contributed by atoms with Crippen molar-refractivity contribution in [3.63, 3.8) is 0 Å². The molecule has 0 aromatic heterocycles. The Hall–Kier alpha value is -4.05. The zero-order valence-electron chi connectivity index (χ0n) is 17.5. The van der Waals surface area contributed by atoms with E-state index in [4.69, 9.17) is 14.2 Å². The molecular weight excluding hydrogens is 396 g/mol. The van der Waals surface area contributed by atoms with Gasteiger partial charge in [-0.25, -0.2) is 4.79 Å². The van der Waals surface area contributed by atoms with Gasteiger partial charge in [0.1, 0.15) is 17.4 Å². The standard InChI is InChI=1S/C24H24N2O5/c1-4-12-26-24(28)19(15-25)13-17-10-11-21(22(14-17)29-3)31-23(27)16-30-20-9-7-6-8-18(20)5-2/h4,6-11,13-14H,1,5,12,16H2,2-3H3,(H,26,28)/b19-13+. The number of carbonyl (C=O) groups is 2. The van der Waals surface area contributed by atoms with E-state index < -0.39 is 11.9 Å². The van der Waals surface area contributed by atoms with Crippen LogP contribution in [0.4, 0.5) is 0 Å². The first kappa shape index (κ1) is 23.2. The van der Waals surface area contributed by atoms with Crippen molar-refractivity contribution in [3.8, 4) is 23.3 Å². The number of carbonyl (C=O) groups excluding carboxylic acids is 2. The molecule has 0 bridgehead atoms. The van der Waals surface area contributed by atoms with Crippen LogP contribution in [-0.4, -0.2) is 32.1 Å². The fraction of sp³-hybridized carbons (Fsp3) is 0.208. The molecular formula is C24H24N2O5. The minimum absolute atomic E-state index is 0.0726. The molecule has 1 amide bonds. The third-order valence-corrected chi connectivity index (χ3v) is 4.19. The molecule has 0 unspecified atom stereocenters. The maximum absolute atomic E-state index is 12.2. The van der Waals surface area contributed by atoms with Crippen molar-refractivity contribution in [2.45, 2.75) is 13.3 Å². The zero-order valence-corrected chi connectivity index (χ0v) is 17.5. The van der Waals surface area contributed by atoms with Crippen molar-refractivity contribution in [1.29, 1.82) is 5.26 Å². The molecule has 0 aliphatic rings. The number of nitriles is 1. The van der Waals surface area contributed by atoms with Crippen molar-refractivity contribution < 1.29 is 23.8 Å². The molecule has 0 saturated carbocycles. The second-order valence-corrected chi connectivity index (χ2v) is 6.30. The molecule has 0 saturated heterocycles. The second-order valence-electron chi connectivity index (χ2n) is 6.30. The average molecular weight is 420 g/mol. The van der Waals surface area contributed by atoms with Gasteiger partial charge in [-0.05, 0) is 41.8 Å². The number of nitrogens with one attached hydrogen (secondary N) is 1. The fourth-order valence-electron chi connectivity index (χ4n) is 2.66. The molecule has 0 aliphatic carbocycles. The minimum atomic E-state index is -0.589. The highest BCUT2D eigenvalue weighted by Crippen LogP contribution is 2.29. The number of benzene rings is 2. The number of hydrogen-bond donors (Lipinski definition) is 1. The van der Waals surface area contributed by atoms with Crippen molar-refractivity contribution in [2.24, 2.45) is 0 Å². The van der Waals surface area contributed by atoms with E-state index >= 15 is 0 Å². The molecule has 2 aromatic rings. The summed E-state index contributed by atoms with van der Waals surface area (Å²) >= 11 is 0. The molecule has 0 aliphatic heterocycles. The molecule has 0 radical (unpaired) electrons. The molecule has 0 atom stereocenters. The van der Waals surface area contributed by atoms with E-state index in [-0.39, 0.29) is 30.2 Å². The Morgan fingerprint density at radius 1 is 1.16 bits per heavy atom. The predicted octanol–water partition coefficient (Wildman–Crippen LogP) is 3.45. The summed E-state index contributed by atoms with van der Waals surface area (Å²) in [6.45, 7) is 5.51. The summed E-state index contributed by atoms with van der Waals surface area (Å²) in [7, 11) is 1.43. The van der Waals surface area contributed by atoms with Gasteiger partial charge in [-0.15, -0.1) is 6.58 Å². The molecule has 31 heavy (non-hydrogen) atoms. The molecule has 0 spiro atoms. The van der Waals surface area contributed by atoms with E-state index in [0.717, 1.165) is 12.0 Å². The van der Waals surface area contributed by atoms with E-state index in [1.54, 1.807) is 18.2 Å². The lowest BCUT2D eigenvalue weighted by Crippen LogP contribution is -2.24. The van der Waals surface area contributed by atoms with Crippen LogP contribution in [0.2, 0.25) is 0 Å². The number of para-hydroxylation sites is 1. The van der Waals surface area contributed by atoms with Gasteiger partial charge in [-0.2, -0.15) is 5.26 Å². The minimum Gasteiger partial charge on any atom is -0.493 e. The molecule has 7 nitrogen and oxygen atoms in total. The van der Waals surface area contributed by atoms with Gasteiger partial charge in [0.15, 0.2) is 18.1 Å². The van der Waals surface area contributed by atoms with Gasteiger partial charge in [-0.3, -0.25) is 4.79 Å². The van der Waals surface area contributed by atoms with Crippen LogP contribution in [0.25, 0.3) is 6.08 Å². The third-order valence-electron chi connectivity index (χ3n) is 4.19. The molecule has 1 N–H and O–H groups in total. The topological polar surface area (TPSA) is 97.7 Å². The van der Waals surface area contributed by atoms with Gasteiger partial charge in [-0.1, -0.05) is 37.3 Å². The number of hydrogen-bond acceptors (Lipinski definition) is 6. The Balaban J connectivity index is 2.09. The van der Waals surface area contributed by atoms with Gasteiger partial charge >= 0.3 is 5.97 Å². The number of nitrogens with zero attached hydrogens (tertiary/aromatic N) is 1. The summed E-state index contributed by atoms with van der Waals surface area (Å²) in [5.74, 6) is 0.00931. The average Bonchev–Trinajstić information content (AvgIpc) is 2.80. The van der Waals surface area contributed by atoms with Gasteiger partial charge < -0.3 is 19.5 Å². The van der Waals surface area contributed by atoms with Gasteiger partial charge in [0, 0.05) is 6.54 Å². The fourth-order valence-corrected chi connectivity index (χ4v) is 2.66. The molecule has 2 rings (SSSR count). The summed E-state index contributed by atoms with van der Waals surface area (Å²) in [4.78, 5) is 24.2. The Labute approximate surface area is 181 Å². The first-order valence-electron chi connectivity index (χ1n) is 9.62. The normalized spacial score (nSPS) is 10.5. The van der Waals surface area contributed by atoms with Crippen molar-refractivity contribution in [3.05, 3.63) is 71.8 Å². The zero-order chi connectivity index (χ0) is 22.6. The lowest BCUT2D eigenvalue weighted by Gasteiger charge is -2.12. The highest BCUT2D eigenvalue weighted by Gasteiger charge is 2.14. The van der Waals surface area contributed by atoms with Crippen molar-refractivity contribution >= 4 is 18.0 Å². The number of esters is 1. The summed E-state index contributed by atoms with van der Waals surface area (Å²) in [5, 5.41) is 11.8. The Morgan fingerprint density at radius 2 is 1.94 bits per heavy atom. The first-order chi connectivity index (χ1) is 15.0. The van der Waals surface area contributed by atoms with Gasteiger partial charge in [0.05, 0.1) is 7.11 Å². The Bertz CT molecular complexity index is 1020. The lowest BCUT2D eigenvalue weighted by molar-refractivity contribution is -0.136. The van der Waals surface area contributed by atoms with Gasteiger partial charge in [0.25, 0.3) is 5.91 Å².